The molecule has 0 aliphatic carbocycles. The van der Waals surface area contributed by atoms with Gasteiger partial charge in [0.05, 0.1) is 5.56 Å². The van der Waals surface area contributed by atoms with Gasteiger partial charge in [0.1, 0.15) is 23.4 Å². The average molecular weight is 221 g/mol. The lowest BCUT2D eigenvalue weighted by molar-refractivity contribution is 0.438. The normalized spacial score (nSPS) is 10.1. The number of aromatic nitrogens is 1. The van der Waals surface area contributed by atoms with Crippen LogP contribution in [0.5, 0.6) is 0 Å². The molecule has 2 aromatic rings. The van der Waals surface area contributed by atoms with E-state index in [0.717, 1.165) is 6.07 Å². The lowest BCUT2D eigenvalue weighted by Gasteiger charge is -2.00. The molecule has 0 atom stereocenters. The van der Waals surface area contributed by atoms with Gasteiger partial charge in [0.25, 0.3) is 0 Å². The largest absolute Gasteiger partial charge is 0.368 e. The van der Waals surface area contributed by atoms with Crippen LogP contribution in [0.1, 0.15) is 5.56 Å². The molecule has 0 saturated heterocycles. The maximum absolute atomic E-state index is 13.4. The second-order valence-electron chi connectivity index (χ2n) is 3.04. The molecule has 16 heavy (non-hydrogen) atoms. The summed E-state index contributed by atoms with van der Waals surface area (Å²) in [4.78, 5) is 0. The summed E-state index contributed by atoms with van der Waals surface area (Å²) in [5.41, 5.74) is 5.10. The van der Waals surface area contributed by atoms with E-state index in [2.05, 4.69) is 9.68 Å². The van der Waals surface area contributed by atoms with Gasteiger partial charge in [-0.1, -0.05) is 5.16 Å². The van der Waals surface area contributed by atoms with Gasteiger partial charge in [0.2, 0.25) is 5.88 Å². The molecule has 0 aliphatic rings. The summed E-state index contributed by atoms with van der Waals surface area (Å²) >= 11 is 0. The molecule has 0 unspecified atom stereocenters. The molecule has 2 rings (SSSR count). The van der Waals surface area contributed by atoms with Gasteiger partial charge in [-0.15, -0.1) is 0 Å². The highest BCUT2D eigenvalue weighted by molar-refractivity contribution is 5.64. The molecule has 0 amide bonds. The van der Waals surface area contributed by atoms with Gasteiger partial charge in [0, 0.05) is 17.7 Å². The van der Waals surface area contributed by atoms with E-state index in [1.807, 2.05) is 0 Å². The minimum absolute atomic E-state index is 0.0113. The Morgan fingerprint density at radius 2 is 2.00 bits per heavy atom. The van der Waals surface area contributed by atoms with Crippen LogP contribution in [0.15, 0.2) is 22.7 Å². The second kappa shape index (κ2) is 3.62. The minimum atomic E-state index is -0.916. The number of rotatable bonds is 1. The van der Waals surface area contributed by atoms with Crippen LogP contribution < -0.4 is 5.73 Å². The third-order valence-corrected chi connectivity index (χ3v) is 1.98. The van der Waals surface area contributed by atoms with Crippen LogP contribution in [0.4, 0.5) is 14.7 Å². The van der Waals surface area contributed by atoms with Gasteiger partial charge in [-0.05, 0) is 6.07 Å². The molecule has 0 radical (unpaired) electrons. The molecule has 0 aliphatic heterocycles. The minimum Gasteiger partial charge on any atom is -0.368 e. The summed E-state index contributed by atoms with van der Waals surface area (Å²) in [6.45, 7) is 0. The maximum Gasteiger partial charge on any atom is 0.222 e. The molecule has 6 heteroatoms. The molecule has 1 aromatic carbocycles. The van der Waals surface area contributed by atoms with Crippen LogP contribution in [-0.4, -0.2) is 5.16 Å². The van der Waals surface area contributed by atoms with Crippen molar-refractivity contribution < 1.29 is 13.3 Å². The first-order valence-corrected chi connectivity index (χ1v) is 4.23. The van der Waals surface area contributed by atoms with E-state index in [4.69, 9.17) is 11.0 Å². The van der Waals surface area contributed by atoms with Gasteiger partial charge >= 0.3 is 0 Å². The quantitative estimate of drug-likeness (QED) is 0.799. The van der Waals surface area contributed by atoms with Crippen molar-refractivity contribution in [1.29, 1.82) is 5.26 Å². The SMILES string of the molecule is N#Cc1cc(-c2cc(N)on2)c(F)cc1F. The van der Waals surface area contributed by atoms with Crippen LogP contribution in [0.2, 0.25) is 0 Å². The number of nitrogens with two attached hydrogens (primary N) is 1. The van der Waals surface area contributed by atoms with Crippen molar-refractivity contribution in [1.82, 2.24) is 5.16 Å². The molecule has 1 heterocycles. The van der Waals surface area contributed by atoms with Crippen molar-refractivity contribution in [3.63, 3.8) is 0 Å². The highest BCUT2D eigenvalue weighted by Crippen LogP contribution is 2.25. The Bertz CT molecular complexity index is 586. The third kappa shape index (κ3) is 1.59. The zero-order chi connectivity index (χ0) is 11.7. The molecule has 2 N–H and O–H groups in total. The van der Waals surface area contributed by atoms with Crippen LogP contribution in [0, 0.1) is 23.0 Å². The van der Waals surface area contributed by atoms with E-state index >= 15 is 0 Å². The first-order chi connectivity index (χ1) is 7.61. The molecular weight excluding hydrogens is 216 g/mol. The fourth-order valence-electron chi connectivity index (χ4n) is 1.25. The summed E-state index contributed by atoms with van der Waals surface area (Å²) in [7, 11) is 0. The smallest absolute Gasteiger partial charge is 0.222 e. The Labute approximate surface area is 88.9 Å². The Morgan fingerprint density at radius 3 is 2.56 bits per heavy atom. The number of halogens is 2. The van der Waals surface area contributed by atoms with Crippen molar-refractivity contribution in [2.45, 2.75) is 0 Å². The maximum atomic E-state index is 13.4. The molecule has 0 bridgehead atoms. The Hall–Kier alpha value is -2.42. The Morgan fingerprint density at radius 1 is 1.25 bits per heavy atom. The van der Waals surface area contributed by atoms with E-state index in [-0.39, 0.29) is 22.7 Å². The lowest BCUT2D eigenvalue weighted by atomic mass is 10.1. The highest BCUT2D eigenvalue weighted by atomic mass is 19.1. The first kappa shape index (κ1) is 10.1. The summed E-state index contributed by atoms with van der Waals surface area (Å²) < 4.78 is 31.0. The van der Waals surface area contributed by atoms with Gasteiger partial charge in [0.15, 0.2) is 0 Å². The van der Waals surface area contributed by atoms with Gasteiger partial charge in [-0.3, -0.25) is 0 Å². The number of nitrogen functional groups attached to an aromatic ring is 1. The predicted octanol–water partition coefficient (Wildman–Crippen LogP) is 2.07. The highest BCUT2D eigenvalue weighted by Gasteiger charge is 2.14. The fraction of sp³-hybridized carbons (Fsp3) is 0. The number of nitriles is 1. The number of benzene rings is 1. The standard InChI is InChI=1S/C10H5F2N3O/c11-7-2-8(12)6(1-5(7)4-13)9-3-10(14)16-15-9/h1-3H,14H2. The van der Waals surface area contributed by atoms with Gasteiger partial charge in [-0.25, -0.2) is 8.78 Å². The summed E-state index contributed by atoms with van der Waals surface area (Å²) in [6.07, 6.45) is 0. The van der Waals surface area contributed by atoms with E-state index in [1.165, 1.54) is 6.07 Å². The van der Waals surface area contributed by atoms with Gasteiger partial charge in [-0.2, -0.15) is 5.26 Å². The Balaban J connectivity index is 2.62. The topological polar surface area (TPSA) is 75.8 Å². The summed E-state index contributed by atoms with van der Waals surface area (Å²) in [5.74, 6) is -1.73. The molecule has 0 fully saturated rings. The molecule has 4 nitrogen and oxygen atoms in total. The number of anilines is 1. The zero-order valence-electron chi connectivity index (χ0n) is 7.87. The zero-order valence-corrected chi connectivity index (χ0v) is 7.87. The van der Waals surface area contributed by atoms with Crippen molar-refractivity contribution in [2.75, 3.05) is 5.73 Å². The third-order valence-electron chi connectivity index (χ3n) is 1.98. The van der Waals surface area contributed by atoms with Gasteiger partial charge < -0.3 is 10.3 Å². The second-order valence-corrected chi connectivity index (χ2v) is 3.04. The number of hydrogen-bond donors (Lipinski definition) is 1. The molecule has 1 aromatic heterocycles. The Kier molecular flexibility index (Phi) is 2.29. The predicted molar refractivity (Wildman–Crippen MR) is 51.0 cm³/mol. The fourth-order valence-corrected chi connectivity index (χ4v) is 1.25. The van der Waals surface area contributed by atoms with Crippen LogP contribution in [0.3, 0.4) is 0 Å². The van der Waals surface area contributed by atoms with E-state index < -0.39 is 11.6 Å². The van der Waals surface area contributed by atoms with Crippen molar-refractivity contribution in [2.24, 2.45) is 0 Å². The van der Waals surface area contributed by atoms with Crippen molar-refractivity contribution >= 4 is 5.88 Å². The molecule has 0 spiro atoms. The first-order valence-electron chi connectivity index (χ1n) is 4.23. The average Bonchev–Trinajstić information content (AvgIpc) is 2.65. The van der Waals surface area contributed by atoms with Crippen molar-refractivity contribution in [3.8, 4) is 17.3 Å². The van der Waals surface area contributed by atoms with E-state index in [0.29, 0.717) is 6.07 Å². The summed E-state index contributed by atoms with van der Waals surface area (Å²) in [6, 6.07) is 4.58. The molecule has 80 valence electrons. The molecular formula is C10H5F2N3O. The monoisotopic (exact) mass is 221 g/mol. The summed E-state index contributed by atoms with van der Waals surface area (Å²) in [5, 5.41) is 12.1. The van der Waals surface area contributed by atoms with Crippen LogP contribution in [-0.2, 0) is 0 Å². The van der Waals surface area contributed by atoms with Crippen LogP contribution in [0.25, 0.3) is 11.3 Å². The van der Waals surface area contributed by atoms with E-state index in [9.17, 15) is 8.78 Å². The van der Waals surface area contributed by atoms with Crippen LogP contribution >= 0.6 is 0 Å². The number of nitrogens with zero attached hydrogens (tertiary/aromatic N) is 2. The van der Waals surface area contributed by atoms with Crippen molar-refractivity contribution in [3.05, 3.63) is 35.4 Å². The lowest BCUT2D eigenvalue weighted by Crippen LogP contribution is -1.91. The number of hydrogen-bond acceptors (Lipinski definition) is 4. The molecule has 0 saturated carbocycles. The van der Waals surface area contributed by atoms with E-state index in [1.54, 1.807) is 6.07 Å².